The third-order valence-electron chi connectivity index (χ3n) is 1.78. The Balaban J connectivity index is 3.85. The predicted octanol–water partition coefficient (Wildman–Crippen LogP) is 1.24. The highest BCUT2D eigenvalue weighted by Gasteiger charge is 2.12. The number of carbonyl (C=O) groups excluding carboxylic acids is 1. The normalized spacial score (nSPS) is 13.1. The van der Waals surface area contributed by atoms with Crippen LogP contribution in [0.2, 0.25) is 0 Å². The maximum Gasteiger partial charge on any atom is 0.294 e. The van der Waals surface area contributed by atoms with E-state index in [0.29, 0.717) is 6.47 Å². The summed E-state index contributed by atoms with van der Waals surface area (Å²) in [5, 5.41) is 0. The van der Waals surface area contributed by atoms with E-state index in [1.807, 2.05) is 6.92 Å². The van der Waals surface area contributed by atoms with Crippen LogP contribution in [-0.4, -0.2) is 30.7 Å². The van der Waals surface area contributed by atoms with Crippen LogP contribution in [0.3, 0.4) is 0 Å². The Kier molecular flexibility index (Phi) is 5.84. The second-order valence-corrected chi connectivity index (χ2v) is 2.32. The zero-order valence-corrected chi connectivity index (χ0v) is 7.54. The Morgan fingerprint density at radius 2 is 1.91 bits per heavy atom. The molecule has 0 amide bonds. The minimum Gasteiger partial charge on any atom is -0.449 e. The average molecular weight is 159 g/mol. The van der Waals surface area contributed by atoms with Crippen LogP contribution in [0, 0.1) is 0 Å². The summed E-state index contributed by atoms with van der Waals surface area (Å²) >= 11 is 0. The van der Waals surface area contributed by atoms with E-state index >= 15 is 0 Å². The topological polar surface area (TPSA) is 29.5 Å². The van der Waals surface area contributed by atoms with Crippen LogP contribution in [0.25, 0.3) is 0 Å². The molecule has 0 bridgehead atoms. The third kappa shape index (κ3) is 3.37. The largest absolute Gasteiger partial charge is 0.449 e. The van der Waals surface area contributed by atoms with Gasteiger partial charge in [0.2, 0.25) is 0 Å². The van der Waals surface area contributed by atoms with Crippen molar-refractivity contribution in [3.63, 3.8) is 0 Å². The molecule has 0 aromatic heterocycles. The molecule has 3 nitrogen and oxygen atoms in total. The van der Waals surface area contributed by atoms with E-state index in [1.54, 1.807) is 0 Å². The Morgan fingerprint density at radius 3 is 2.18 bits per heavy atom. The first-order valence-corrected chi connectivity index (χ1v) is 4.13. The number of nitrogens with zero attached hydrogens (tertiary/aromatic N) is 1. The summed E-state index contributed by atoms with van der Waals surface area (Å²) in [6.45, 7) is 8.48. The van der Waals surface area contributed by atoms with Crippen LogP contribution in [0.5, 0.6) is 0 Å². The lowest BCUT2D eigenvalue weighted by atomic mass is 10.3. The minimum atomic E-state index is -0.0394. The van der Waals surface area contributed by atoms with Crippen molar-refractivity contribution in [3.05, 3.63) is 0 Å². The molecule has 0 rings (SSSR count). The van der Waals surface area contributed by atoms with E-state index in [4.69, 9.17) is 4.74 Å². The molecule has 0 aliphatic rings. The number of ether oxygens (including phenoxy) is 1. The van der Waals surface area contributed by atoms with Gasteiger partial charge in [0.15, 0.2) is 6.23 Å². The van der Waals surface area contributed by atoms with Crippen molar-refractivity contribution in [2.24, 2.45) is 0 Å². The fourth-order valence-corrected chi connectivity index (χ4v) is 1.14. The van der Waals surface area contributed by atoms with Crippen molar-refractivity contribution in [2.45, 2.75) is 33.4 Å². The zero-order valence-electron chi connectivity index (χ0n) is 7.54. The molecule has 66 valence electrons. The van der Waals surface area contributed by atoms with E-state index in [9.17, 15) is 4.79 Å². The molecular weight excluding hydrogens is 142 g/mol. The van der Waals surface area contributed by atoms with Gasteiger partial charge in [-0.3, -0.25) is 9.69 Å². The minimum absolute atomic E-state index is 0.0394. The quantitative estimate of drug-likeness (QED) is 0.431. The standard InChI is InChI=1S/C8H17NO2/c1-4-8(11-7-10)9(5-2)6-3/h7-8H,4-6H2,1-3H3/t8-/m0/s1. The third-order valence-corrected chi connectivity index (χ3v) is 1.78. The molecule has 0 radical (unpaired) electrons. The van der Waals surface area contributed by atoms with Crippen LogP contribution in [0.15, 0.2) is 0 Å². The van der Waals surface area contributed by atoms with E-state index in [-0.39, 0.29) is 6.23 Å². The lowest BCUT2D eigenvalue weighted by Gasteiger charge is -2.26. The smallest absolute Gasteiger partial charge is 0.294 e. The second-order valence-electron chi connectivity index (χ2n) is 2.32. The summed E-state index contributed by atoms with van der Waals surface area (Å²) in [4.78, 5) is 12.2. The van der Waals surface area contributed by atoms with Gasteiger partial charge in [0, 0.05) is 0 Å². The van der Waals surface area contributed by atoms with Crippen LogP contribution < -0.4 is 0 Å². The molecule has 0 heterocycles. The van der Waals surface area contributed by atoms with Gasteiger partial charge in [-0.15, -0.1) is 0 Å². The maximum atomic E-state index is 10.1. The highest BCUT2D eigenvalue weighted by atomic mass is 16.5. The van der Waals surface area contributed by atoms with Gasteiger partial charge in [-0.1, -0.05) is 20.8 Å². The summed E-state index contributed by atoms with van der Waals surface area (Å²) in [7, 11) is 0. The van der Waals surface area contributed by atoms with E-state index in [1.165, 1.54) is 0 Å². The van der Waals surface area contributed by atoms with Crippen molar-refractivity contribution in [1.29, 1.82) is 0 Å². The molecule has 0 unspecified atom stereocenters. The molecule has 0 N–H and O–H groups in total. The Labute approximate surface area is 68.3 Å². The lowest BCUT2D eigenvalue weighted by Crippen LogP contribution is -2.36. The summed E-state index contributed by atoms with van der Waals surface area (Å²) in [5.41, 5.74) is 0. The van der Waals surface area contributed by atoms with Gasteiger partial charge in [0.05, 0.1) is 0 Å². The van der Waals surface area contributed by atoms with Gasteiger partial charge in [-0.05, 0) is 19.5 Å². The lowest BCUT2D eigenvalue weighted by molar-refractivity contribution is -0.143. The SMILES string of the molecule is CC[C@H](OC=O)N(CC)CC. The first kappa shape index (κ1) is 10.4. The summed E-state index contributed by atoms with van der Waals surface area (Å²) in [5.74, 6) is 0. The van der Waals surface area contributed by atoms with Gasteiger partial charge in [-0.25, -0.2) is 0 Å². The van der Waals surface area contributed by atoms with Gasteiger partial charge in [0.25, 0.3) is 6.47 Å². The van der Waals surface area contributed by atoms with Gasteiger partial charge in [0.1, 0.15) is 0 Å². The van der Waals surface area contributed by atoms with Crippen molar-refractivity contribution in [3.8, 4) is 0 Å². The molecule has 0 aliphatic heterocycles. The Morgan fingerprint density at radius 1 is 1.36 bits per heavy atom. The number of hydrogen-bond donors (Lipinski definition) is 0. The molecular formula is C8H17NO2. The van der Waals surface area contributed by atoms with Gasteiger partial charge >= 0.3 is 0 Å². The summed E-state index contributed by atoms with van der Waals surface area (Å²) < 4.78 is 4.88. The van der Waals surface area contributed by atoms with Crippen molar-refractivity contribution in [2.75, 3.05) is 13.1 Å². The molecule has 1 atom stereocenters. The van der Waals surface area contributed by atoms with Crippen molar-refractivity contribution >= 4 is 6.47 Å². The van der Waals surface area contributed by atoms with Crippen LogP contribution in [-0.2, 0) is 9.53 Å². The molecule has 0 saturated heterocycles. The first-order chi connectivity index (χ1) is 5.29. The van der Waals surface area contributed by atoms with E-state index in [2.05, 4.69) is 18.7 Å². The molecule has 11 heavy (non-hydrogen) atoms. The maximum absolute atomic E-state index is 10.1. The van der Waals surface area contributed by atoms with Gasteiger partial charge in [-0.2, -0.15) is 0 Å². The zero-order chi connectivity index (χ0) is 8.69. The highest BCUT2D eigenvalue weighted by Crippen LogP contribution is 2.03. The monoisotopic (exact) mass is 159 g/mol. The second kappa shape index (κ2) is 6.16. The molecule has 0 fully saturated rings. The first-order valence-electron chi connectivity index (χ1n) is 4.13. The predicted molar refractivity (Wildman–Crippen MR) is 44.1 cm³/mol. The Hall–Kier alpha value is -0.570. The summed E-state index contributed by atoms with van der Waals surface area (Å²) in [6.07, 6.45) is 0.808. The molecule has 0 aliphatic carbocycles. The van der Waals surface area contributed by atoms with Crippen LogP contribution >= 0.6 is 0 Å². The van der Waals surface area contributed by atoms with Crippen LogP contribution in [0.4, 0.5) is 0 Å². The van der Waals surface area contributed by atoms with Gasteiger partial charge < -0.3 is 4.74 Å². The molecule has 3 heteroatoms. The fourth-order valence-electron chi connectivity index (χ4n) is 1.14. The number of rotatable bonds is 6. The number of carbonyl (C=O) groups is 1. The average Bonchev–Trinajstić information content (AvgIpc) is 2.05. The van der Waals surface area contributed by atoms with E-state index < -0.39 is 0 Å². The van der Waals surface area contributed by atoms with Crippen molar-refractivity contribution in [1.82, 2.24) is 4.90 Å². The van der Waals surface area contributed by atoms with Crippen LogP contribution in [0.1, 0.15) is 27.2 Å². The Bertz CT molecular complexity index is 102. The molecule has 0 aromatic rings. The number of hydrogen-bond acceptors (Lipinski definition) is 3. The van der Waals surface area contributed by atoms with Crippen molar-refractivity contribution < 1.29 is 9.53 Å². The molecule has 0 saturated carbocycles. The van der Waals surface area contributed by atoms with E-state index in [0.717, 1.165) is 19.5 Å². The fraction of sp³-hybridized carbons (Fsp3) is 0.875. The molecule has 0 spiro atoms. The highest BCUT2D eigenvalue weighted by molar-refractivity contribution is 5.37. The molecule has 0 aromatic carbocycles. The summed E-state index contributed by atoms with van der Waals surface area (Å²) in [6, 6.07) is 0.